The van der Waals surface area contributed by atoms with Crippen LogP contribution in [0.4, 0.5) is 5.82 Å². The first-order chi connectivity index (χ1) is 15.6. The summed E-state index contributed by atoms with van der Waals surface area (Å²) in [5.41, 5.74) is 1.70. The summed E-state index contributed by atoms with van der Waals surface area (Å²) in [6.07, 6.45) is 5.78. The van der Waals surface area contributed by atoms with Crippen molar-refractivity contribution >= 4 is 33.2 Å². The van der Waals surface area contributed by atoms with Crippen LogP contribution in [-0.2, 0) is 24.2 Å². The third-order valence-electron chi connectivity index (χ3n) is 4.77. The lowest BCUT2D eigenvalue weighted by Gasteiger charge is -2.10. The number of ether oxygens (including phenoxy) is 1. The largest absolute Gasteiger partial charge is 0.497 e. The molecule has 3 aromatic heterocycles. The van der Waals surface area contributed by atoms with Gasteiger partial charge in [-0.1, -0.05) is 19.1 Å². The van der Waals surface area contributed by atoms with Gasteiger partial charge in [-0.25, -0.2) is 33.5 Å². The summed E-state index contributed by atoms with van der Waals surface area (Å²) < 4.78 is 18.4. The summed E-state index contributed by atoms with van der Waals surface area (Å²) in [5, 5.41) is 3.28. The molecule has 11 heteroatoms. The Kier molecular flexibility index (Phi) is 6.36. The van der Waals surface area contributed by atoms with Crippen LogP contribution < -0.4 is 15.7 Å². The Morgan fingerprint density at radius 3 is 2.59 bits per heavy atom. The number of anilines is 1. The van der Waals surface area contributed by atoms with Crippen LogP contribution in [0.5, 0.6) is 5.75 Å². The number of rotatable bonds is 7. The summed E-state index contributed by atoms with van der Waals surface area (Å²) in [5.74, 6) is 1.84. The number of nitrogens with one attached hydrogen (secondary N) is 2. The molecule has 0 saturated carbocycles. The highest BCUT2D eigenvalue weighted by molar-refractivity contribution is 7.67. The van der Waals surface area contributed by atoms with Gasteiger partial charge in [0.1, 0.15) is 34.7 Å². The molecule has 4 aromatic rings. The van der Waals surface area contributed by atoms with Crippen molar-refractivity contribution in [3.8, 4) is 5.75 Å². The quantitative estimate of drug-likeness (QED) is 0.407. The molecule has 0 aliphatic carbocycles. The number of aryl methyl sites for hydroxylation is 1. The number of aromatic amines is 1. The Hall–Kier alpha value is -3.86. The molecular formula is C21H21N7O3S. The average Bonchev–Trinajstić information content (AvgIpc) is 3.15. The van der Waals surface area contributed by atoms with Gasteiger partial charge < -0.3 is 15.0 Å². The van der Waals surface area contributed by atoms with Crippen LogP contribution in [-0.4, -0.2) is 45.8 Å². The zero-order chi connectivity index (χ0) is 22.5. The van der Waals surface area contributed by atoms with E-state index in [9.17, 15) is 9.00 Å². The Labute approximate surface area is 186 Å². The van der Waals surface area contributed by atoms with E-state index < -0.39 is 5.69 Å². The Morgan fingerprint density at radius 2 is 1.94 bits per heavy atom. The van der Waals surface area contributed by atoms with E-state index in [2.05, 4.69) is 30.2 Å². The van der Waals surface area contributed by atoms with E-state index in [4.69, 9.17) is 4.74 Å². The van der Waals surface area contributed by atoms with E-state index >= 15 is 0 Å². The van der Waals surface area contributed by atoms with Crippen molar-refractivity contribution in [3.63, 3.8) is 0 Å². The maximum absolute atomic E-state index is 12.9. The first kappa shape index (κ1) is 21.4. The highest BCUT2D eigenvalue weighted by Crippen LogP contribution is 2.20. The smallest absolute Gasteiger partial charge is 0.333 e. The molecule has 0 spiro atoms. The maximum atomic E-state index is 12.9. The lowest BCUT2D eigenvalue weighted by atomic mass is 10.2. The molecule has 32 heavy (non-hydrogen) atoms. The first-order valence-corrected chi connectivity index (χ1v) is 10.7. The minimum absolute atomic E-state index is 0.143. The van der Waals surface area contributed by atoms with Crippen LogP contribution >= 0.6 is 0 Å². The van der Waals surface area contributed by atoms with E-state index in [1.807, 2.05) is 31.2 Å². The van der Waals surface area contributed by atoms with Gasteiger partial charge in [0.2, 0.25) is 0 Å². The minimum Gasteiger partial charge on any atom is -0.497 e. The number of hydrogen-bond acceptors (Lipinski definition) is 8. The van der Waals surface area contributed by atoms with Crippen molar-refractivity contribution in [2.75, 3.05) is 12.4 Å². The van der Waals surface area contributed by atoms with Crippen LogP contribution in [0.25, 0.3) is 11.2 Å². The molecule has 164 valence electrons. The highest BCUT2D eigenvalue weighted by atomic mass is 32.1. The third-order valence-corrected chi connectivity index (χ3v) is 5.34. The van der Waals surface area contributed by atoms with Crippen molar-refractivity contribution in [3.05, 3.63) is 70.4 Å². The second-order valence-corrected chi connectivity index (χ2v) is 7.47. The molecule has 0 bridgehead atoms. The summed E-state index contributed by atoms with van der Waals surface area (Å²) in [7, 11) is 1.62. The van der Waals surface area contributed by atoms with Crippen LogP contribution in [0.3, 0.4) is 0 Å². The van der Waals surface area contributed by atoms with Crippen LogP contribution in [0.15, 0.2) is 47.8 Å². The molecule has 0 aliphatic heterocycles. The second-order valence-electron chi connectivity index (χ2n) is 6.92. The van der Waals surface area contributed by atoms with E-state index in [0.29, 0.717) is 41.3 Å². The van der Waals surface area contributed by atoms with Gasteiger partial charge in [-0.3, -0.25) is 0 Å². The van der Waals surface area contributed by atoms with E-state index in [-0.39, 0.29) is 16.2 Å². The molecule has 0 aliphatic rings. The van der Waals surface area contributed by atoms with Crippen molar-refractivity contribution in [1.29, 1.82) is 0 Å². The van der Waals surface area contributed by atoms with E-state index in [1.54, 1.807) is 7.11 Å². The molecule has 0 saturated heterocycles. The molecule has 0 amide bonds. The second kappa shape index (κ2) is 9.52. The number of imidazole rings is 1. The molecule has 0 atom stereocenters. The summed E-state index contributed by atoms with van der Waals surface area (Å²) in [4.78, 5) is 32.9. The van der Waals surface area contributed by atoms with Gasteiger partial charge in [0, 0.05) is 30.9 Å². The van der Waals surface area contributed by atoms with E-state index in [1.165, 1.54) is 23.3 Å². The standard InChI is InChI=1S/C21H21N7O3S/c1-3-4-16-25-18(24-9-13-5-7-15(31-2)8-6-13)17-19(26-16)28(21(29)27-17)20(32-30)14-10-22-12-23-11-14/h5-8,10-12H,3-4,9H2,1-2H3,(H,27,29)(H,24,25,26). The van der Waals surface area contributed by atoms with Gasteiger partial charge in [0.05, 0.1) is 7.11 Å². The predicted octanol–water partition coefficient (Wildman–Crippen LogP) is 1.72. The normalized spacial score (nSPS) is 10.8. The van der Waals surface area contributed by atoms with Crippen LogP contribution in [0.2, 0.25) is 0 Å². The number of benzene rings is 1. The monoisotopic (exact) mass is 451 g/mol. The average molecular weight is 452 g/mol. The zero-order valence-corrected chi connectivity index (χ0v) is 18.3. The number of hydrogen-bond donors (Lipinski definition) is 2. The highest BCUT2D eigenvalue weighted by Gasteiger charge is 2.20. The summed E-state index contributed by atoms with van der Waals surface area (Å²) in [6.45, 7) is 2.50. The van der Waals surface area contributed by atoms with Crippen molar-refractivity contribution in [2.45, 2.75) is 26.3 Å². The molecular weight excluding hydrogens is 430 g/mol. The van der Waals surface area contributed by atoms with Gasteiger partial charge in [-0.2, -0.15) is 0 Å². The molecule has 0 fully saturated rings. The zero-order valence-electron chi connectivity index (χ0n) is 17.5. The molecule has 10 nitrogen and oxygen atoms in total. The van der Waals surface area contributed by atoms with Crippen LogP contribution in [0, 0.1) is 0 Å². The third kappa shape index (κ3) is 4.28. The Morgan fingerprint density at radius 1 is 1.19 bits per heavy atom. The molecule has 3 heterocycles. The van der Waals surface area contributed by atoms with Gasteiger partial charge >= 0.3 is 5.69 Å². The molecule has 0 unspecified atom stereocenters. The van der Waals surface area contributed by atoms with Gasteiger partial charge in [-0.05, 0) is 24.1 Å². The fourth-order valence-corrected chi connectivity index (χ4v) is 3.68. The van der Waals surface area contributed by atoms with Gasteiger partial charge in [0.25, 0.3) is 0 Å². The summed E-state index contributed by atoms with van der Waals surface area (Å²) >= 11 is 0.185. The number of fused-ring (bicyclic) bond motifs is 1. The maximum Gasteiger partial charge on any atom is 0.333 e. The lowest BCUT2D eigenvalue weighted by molar-refractivity contribution is 0.414. The SMILES string of the molecule is CCCc1nc(NCc2ccc(OC)cc2)c2[nH]c(=O)n(C(=S=O)c3cncnc3)c2n1. The molecule has 4 rings (SSSR count). The molecule has 1 aromatic carbocycles. The van der Waals surface area contributed by atoms with Crippen molar-refractivity contribution in [2.24, 2.45) is 0 Å². The topological polar surface area (TPSA) is 128 Å². The lowest BCUT2D eigenvalue weighted by Crippen LogP contribution is -2.26. The van der Waals surface area contributed by atoms with Crippen molar-refractivity contribution in [1.82, 2.24) is 29.5 Å². The van der Waals surface area contributed by atoms with E-state index in [0.717, 1.165) is 17.7 Å². The van der Waals surface area contributed by atoms with Crippen LogP contribution in [0.1, 0.15) is 30.3 Å². The number of aromatic nitrogens is 6. The molecule has 2 N–H and O–H groups in total. The summed E-state index contributed by atoms with van der Waals surface area (Å²) in [6, 6.07) is 7.64. The fourth-order valence-electron chi connectivity index (χ4n) is 3.23. The number of methoxy groups -OCH3 is 1. The first-order valence-electron chi connectivity index (χ1n) is 9.95. The minimum atomic E-state index is -0.488. The Balaban J connectivity index is 1.79. The molecule has 0 radical (unpaired) electrons. The van der Waals surface area contributed by atoms with Crippen molar-refractivity contribution < 1.29 is 8.95 Å². The Bertz CT molecular complexity index is 1340. The van der Waals surface area contributed by atoms with Gasteiger partial charge in [-0.15, -0.1) is 0 Å². The van der Waals surface area contributed by atoms with Gasteiger partial charge in [0.15, 0.2) is 16.5 Å². The number of nitrogens with zero attached hydrogens (tertiary/aromatic N) is 5. The predicted molar refractivity (Wildman–Crippen MR) is 122 cm³/mol. The number of H-pyrrole nitrogens is 1. The fraction of sp³-hybridized carbons (Fsp3) is 0.238.